The number of benzene rings is 1. The molecule has 0 saturated carbocycles. The van der Waals surface area contributed by atoms with Crippen molar-refractivity contribution < 1.29 is 14.5 Å². The second-order valence-electron chi connectivity index (χ2n) is 4.55. The van der Waals surface area contributed by atoms with Crippen LogP contribution in [0.3, 0.4) is 0 Å². The Labute approximate surface area is 122 Å². The fourth-order valence-electron chi connectivity index (χ4n) is 1.95. The lowest BCUT2D eigenvalue weighted by Gasteiger charge is -2.10. The Kier molecular flexibility index (Phi) is 4.78. The first kappa shape index (κ1) is 14.9. The summed E-state index contributed by atoms with van der Waals surface area (Å²) >= 11 is 0. The summed E-state index contributed by atoms with van der Waals surface area (Å²) in [6, 6.07) is 7.20. The molecule has 21 heavy (non-hydrogen) atoms. The zero-order valence-electron chi connectivity index (χ0n) is 12.0. The first-order valence-electron chi connectivity index (χ1n) is 6.41. The zero-order valence-corrected chi connectivity index (χ0v) is 12.0. The van der Waals surface area contributed by atoms with E-state index in [0.29, 0.717) is 18.7 Å². The van der Waals surface area contributed by atoms with Gasteiger partial charge in [0.25, 0.3) is 0 Å². The Morgan fingerprint density at radius 1 is 1.43 bits per heavy atom. The Bertz CT molecular complexity index is 637. The molecule has 0 radical (unpaired) electrons. The monoisotopic (exact) mass is 290 g/mol. The molecule has 2 rings (SSSR count). The van der Waals surface area contributed by atoms with Crippen LogP contribution in [-0.2, 0) is 13.1 Å². The van der Waals surface area contributed by atoms with Gasteiger partial charge in [0, 0.05) is 23.7 Å². The minimum absolute atomic E-state index is 0.0600. The summed E-state index contributed by atoms with van der Waals surface area (Å²) in [5.74, 6) is 1.55. The SMILES string of the molecule is COc1ccc(/C(N)=N/O)cc1CNCc1cc(C)no1. The largest absolute Gasteiger partial charge is 0.496 e. The average molecular weight is 290 g/mol. The van der Waals surface area contributed by atoms with Crippen LogP contribution in [0.25, 0.3) is 0 Å². The zero-order chi connectivity index (χ0) is 15.2. The van der Waals surface area contributed by atoms with Gasteiger partial charge in [0.15, 0.2) is 11.6 Å². The molecule has 112 valence electrons. The van der Waals surface area contributed by atoms with E-state index in [1.54, 1.807) is 19.2 Å². The molecule has 1 aromatic heterocycles. The number of hydrogen-bond acceptors (Lipinski definition) is 6. The van der Waals surface area contributed by atoms with Crippen molar-refractivity contribution in [2.24, 2.45) is 10.9 Å². The van der Waals surface area contributed by atoms with Gasteiger partial charge in [0.1, 0.15) is 5.75 Å². The van der Waals surface area contributed by atoms with E-state index < -0.39 is 0 Å². The molecule has 1 heterocycles. The van der Waals surface area contributed by atoms with Crippen molar-refractivity contribution in [2.75, 3.05) is 7.11 Å². The van der Waals surface area contributed by atoms with E-state index >= 15 is 0 Å². The van der Waals surface area contributed by atoms with Crippen LogP contribution in [0.15, 0.2) is 33.9 Å². The summed E-state index contributed by atoms with van der Waals surface area (Å²) in [6.07, 6.45) is 0. The lowest BCUT2D eigenvalue weighted by Crippen LogP contribution is -2.16. The van der Waals surface area contributed by atoms with Crippen molar-refractivity contribution >= 4 is 5.84 Å². The highest BCUT2D eigenvalue weighted by atomic mass is 16.5. The fourth-order valence-corrected chi connectivity index (χ4v) is 1.95. The molecule has 0 aliphatic heterocycles. The van der Waals surface area contributed by atoms with Crippen LogP contribution in [0.4, 0.5) is 0 Å². The molecule has 0 aliphatic carbocycles. The van der Waals surface area contributed by atoms with Gasteiger partial charge in [-0.05, 0) is 25.1 Å². The Hall–Kier alpha value is -2.54. The normalized spacial score (nSPS) is 11.6. The van der Waals surface area contributed by atoms with Crippen LogP contribution >= 0.6 is 0 Å². The van der Waals surface area contributed by atoms with Gasteiger partial charge >= 0.3 is 0 Å². The smallest absolute Gasteiger partial charge is 0.170 e. The number of amidine groups is 1. The molecule has 0 amide bonds. The van der Waals surface area contributed by atoms with E-state index in [1.807, 2.05) is 19.1 Å². The van der Waals surface area contributed by atoms with Crippen molar-refractivity contribution in [2.45, 2.75) is 20.0 Å². The van der Waals surface area contributed by atoms with Gasteiger partial charge in [0.05, 0.1) is 19.3 Å². The number of nitrogens with one attached hydrogen (secondary N) is 1. The molecule has 7 nitrogen and oxygen atoms in total. The first-order valence-corrected chi connectivity index (χ1v) is 6.41. The van der Waals surface area contributed by atoms with Crippen LogP contribution in [0.1, 0.15) is 22.6 Å². The number of ether oxygens (including phenoxy) is 1. The van der Waals surface area contributed by atoms with Crippen LogP contribution in [-0.4, -0.2) is 23.3 Å². The van der Waals surface area contributed by atoms with E-state index in [4.69, 9.17) is 20.2 Å². The van der Waals surface area contributed by atoms with Crippen molar-refractivity contribution in [3.63, 3.8) is 0 Å². The quantitative estimate of drug-likeness (QED) is 0.321. The van der Waals surface area contributed by atoms with Crippen LogP contribution in [0.2, 0.25) is 0 Å². The lowest BCUT2D eigenvalue weighted by atomic mass is 10.1. The van der Waals surface area contributed by atoms with E-state index in [0.717, 1.165) is 22.8 Å². The molecule has 0 spiro atoms. The lowest BCUT2D eigenvalue weighted by molar-refractivity contribution is 0.318. The van der Waals surface area contributed by atoms with Crippen molar-refractivity contribution in [1.29, 1.82) is 0 Å². The second-order valence-corrected chi connectivity index (χ2v) is 4.55. The minimum atomic E-state index is 0.0600. The van der Waals surface area contributed by atoms with Crippen molar-refractivity contribution in [1.82, 2.24) is 10.5 Å². The molecular formula is C14H18N4O3. The number of methoxy groups -OCH3 is 1. The number of oxime groups is 1. The molecule has 4 N–H and O–H groups in total. The third kappa shape index (κ3) is 3.73. The highest BCUT2D eigenvalue weighted by Gasteiger charge is 2.08. The average Bonchev–Trinajstić information content (AvgIpc) is 2.91. The van der Waals surface area contributed by atoms with E-state index in [-0.39, 0.29) is 5.84 Å². The molecule has 2 aromatic rings. The summed E-state index contributed by atoms with van der Waals surface area (Å²) in [7, 11) is 1.60. The van der Waals surface area contributed by atoms with Gasteiger partial charge in [-0.25, -0.2) is 0 Å². The molecule has 0 unspecified atom stereocenters. The van der Waals surface area contributed by atoms with E-state index in [1.165, 1.54) is 0 Å². The molecule has 0 saturated heterocycles. The predicted molar refractivity (Wildman–Crippen MR) is 77.3 cm³/mol. The molecule has 0 bridgehead atoms. The number of aromatic nitrogens is 1. The predicted octanol–water partition coefficient (Wildman–Crippen LogP) is 1.38. The summed E-state index contributed by atoms with van der Waals surface area (Å²) < 4.78 is 10.4. The first-order chi connectivity index (χ1) is 10.1. The van der Waals surface area contributed by atoms with Crippen LogP contribution in [0, 0.1) is 6.92 Å². The Morgan fingerprint density at radius 3 is 2.86 bits per heavy atom. The second kappa shape index (κ2) is 6.76. The molecule has 0 fully saturated rings. The maximum atomic E-state index is 8.73. The summed E-state index contributed by atoms with van der Waals surface area (Å²) in [5.41, 5.74) is 7.97. The van der Waals surface area contributed by atoms with Crippen LogP contribution in [0.5, 0.6) is 5.75 Å². The molecule has 1 aromatic carbocycles. The molecule has 7 heteroatoms. The third-order valence-electron chi connectivity index (χ3n) is 2.98. The highest BCUT2D eigenvalue weighted by Crippen LogP contribution is 2.20. The number of nitrogens with zero attached hydrogens (tertiary/aromatic N) is 2. The standard InChI is InChI=1S/C14H18N4O3/c1-9-5-12(21-18-9)8-16-7-11-6-10(14(15)17-19)3-4-13(11)20-2/h3-6,16,19H,7-8H2,1-2H3,(H2,15,17). The number of aryl methyl sites for hydroxylation is 1. The fraction of sp³-hybridized carbons (Fsp3) is 0.286. The number of hydrogen-bond donors (Lipinski definition) is 3. The highest BCUT2D eigenvalue weighted by molar-refractivity contribution is 5.97. The van der Waals surface area contributed by atoms with Gasteiger partial charge in [-0.15, -0.1) is 0 Å². The maximum Gasteiger partial charge on any atom is 0.170 e. The number of rotatable bonds is 6. The van der Waals surface area contributed by atoms with Gasteiger partial charge in [-0.3, -0.25) is 0 Å². The number of nitrogens with two attached hydrogens (primary N) is 1. The van der Waals surface area contributed by atoms with Crippen molar-refractivity contribution in [3.8, 4) is 5.75 Å². The maximum absolute atomic E-state index is 8.73. The van der Waals surface area contributed by atoms with Gasteiger partial charge in [0.2, 0.25) is 0 Å². The molecule has 0 aliphatic rings. The van der Waals surface area contributed by atoms with Gasteiger partial charge < -0.3 is 25.5 Å². The van der Waals surface area contributed by atoms with Gasteiger partial charge in [-0.2, -0.15) is 0 Å². The third-order valence-corrected chi connectivity index (χ3v) is 2.98. The van der Waals surface area contributed by atoms with Gasteiger partial charge in [-0.1, -0.05) is 10.3 Å². The van der Waals surface area contributed by atoms with Crippen LogP contribution < -0.4 is 15.8 Å². The topological polar surface area (TPSA) is 106 Å². The van der Waals surface area contributed by atoms with Crippen molar-refractivity contribution in [3.05, 3.63) is 46.8 Å². The summed E-state index contributed by atoms with van der Waals surface area (Å²) in [4.78, 5) is 0. The summed E-state index contributed by atoms with van der Waals surface area (Å²) in [6.45, 7) is 2.98. The Morgan fingerprint density at radius 2 is 2.24 bits per heavy atom. The molecule has 0 atom stereocenters. The van der Waals surface area contributed by atoms with E-state index in [9.17, 15) is 0 Å². The Balaban J connectivity index is 2.06. The summed E-state index contributed by atoms with van der Waals surface area (Å²) in [5, 5.41) is 18.8. The van der Waals surface area contributed by atoms with E-state index in [2.05, 4.69) is 15.6 Å². The molecular weight excluding hydrogens is 272 g/mol. The minimum Gasteiger partial charge on any atom is -0.496 e.